The first-order chi connectivity index (χ1) is 11.1. The van der Waals surface area contributed by atoms with Gasteiger partial charge in [-0.1, -0.05) is 0 Å². The SMILES string of the molecule is CC1(C)C=CNC(C2=NC(C)(C)C=C(C3=NC(C)(I)C=CN3)N2)=N1. The molecule has 24 heavy (non-hydrogen) atoms. The predicted octanol–water partition coefficient (Wildman–Crippen LogP) is 2.61. The van der Waals surface area contributed by atoms with Crippen molar-refractivity contribution in [2.24, 2.45) is 15.0 Å². The maximum absolute atomic E-state index is 4.78. The number of nitrogens with zero attached hydrogens (tertiary/aromatic N) is 3. The van der Waals surface area contributed by atoms with Crippen molar-refractivity contribution in [2.45, 2.75) is 49.2 Å². The van der Waals surface area contributed by atoms with Crippen molar-refractivity contribution >= 4 is 40.1 Å². The van der Waals surface area contributed by atoms with Crippen LogP contribution in [0.4, 0.5) is 0 Å². The van der Waals surface area contributed by atoms with E-state index in [9.17, 15) is 0 Å². The molecule has 3 aliphatic heterocycles. The van der Waals surface area contributed by atoms with Gasteiger partial charge in [-0.3, -0.25) is 9.98 Å². The van der Waals surface area contributed by atoms with Gasteiger partial charge in [-0.15, -0.1) is 0 Å². The third-order valence-electron chi connectivity index (χ3n) is 3.68. The van der Waals surface area contributed by atoms with Crippen molar-refractivity contribution in [3.8, 4) is 0 Å². The Kier molecular flexibility index (Phi) is 4.09. The zero-order valence-electron chi connectivity index (χ0n) is 14.6. The summed E-state index contributed by atoms with van der Waals surface area (Å²) in [6.07, 6.45) is 9.98. The highest BCUT2D eigenvalue weighted by Crippen LogP contribution is 2.26. The highest BCUT2D eigenvalue weighted by molar-refractivity contribution is 14.1. The average Bonchev–Trinajstić information content (AvgIpc) is 2.43. The van der Waals surface area contributed by atoms with Crippen molar-refractivity contribution in [1.29, 1.82) is 0 Å². The third kappa shape index (κ3) is 3.88. The third-order valence-corrected chi connectivity index (χ3v) is 4.28. The summed E-state index contributed by atoms with van der Waals surface area (Å²) in [6.45, 7) is 10.3. The lowest BCUT2D eigenvalue weighted by Crippen LogP contribution is -2.48. The fraction of sp³-hybridized carbons (Fsp3) is 0.471. The number of nitrogens with one attached hydrogen (secondary N) is 3. The zero-order chi connectivity index (χ0) is 17.6. The number of amidine groups is 3. The first-order valence-corrected chi connectivity index (χ1v) is 9.01. The molecule has 0 aromatic rings. The molecule has 128 valence electrons. The number of hydrogen-bond donors (Lipinski definition) is 3. The van der Waals surface area contributed by atoms with Gasteiger partial charge in [-0.25, -0.2) is 4.99 Å². The van der Waals surface area contributed by atoms with Gasteiger partial charge >= 0.3 is 0 Å². The van der Waals surface area contributed by atoms with E-state index in [1.807, 2.05) is 24.6 Å². The van der Waals surface area contributed by atoms with E-state index in [0.717, 1.165) is 23.2 Å². The summed E-state index contributed by atoms with van der Waals surface area (Å²) in [5, 5.41) is 9.80. The molecule has 0 spiro atoms. The van der Waals surface area contributed by atoms with Gasteiger partial charge in [0.15, 0.2) is 17.5 Å². The van der Waals surface area contributed by atoms with Gasteiger partial charge in [0.05, 0.1) is 16.8 Å². The van der Waals surface area contributed by atoms with Crippen molar-refractivity contribution in [3.05, 3.63) is 36.3 Å². The summed E-state index contributed by atoms with van der Waals surface area (Å²) in [7, 11) is 0. The standard InChI is InChI=1S/C17H23IN6/c1-15(2)6-8-20-13(22-15)14-21-11(10-16(3,4)23-14)12-19-9-7-17(5,18)24-12/h6-10H,1-5H3,(H,19,24)(H,20,22)(H,21,23). The maximum atomic E-state index is 4.78. The second kappa shape index (κ2) is 5.72. The molecular weight excluding hydrogens is 415 g/mol. The highest BCUT2D eigenvalue weighted by Gasteiger charge is 2.30. The average molecular weight is 438 g/mol. The Labute approximate surface area is 156 Å². The molecule has 3 heterocycles. The number of alkyl halides is 1. The lowest BCUT2D eigenvalue weighted by molar-refractivity contribution is 0.629. The van der Waals surface area contributed by atoms with E-state index < -0.39 is 0 Å². The van der Waals surface area contributed by atoms with E-state index in [4.69, 9.17) is 15.0 Å². The molecule has 0 amide bonds. The molecule has 0 saturated carbocycles. The summed E-state index contributed by atoms with van der Waals surface area (Å²) < 4.78 is -0.259. The van der Waals surface area contributed by atoms with Gasteiger partial charge in [0.25, 0.3) is 0 Å². The van der Waals surface area contributed by atoms with Crippen LogP contribution in [-0.2, 0) is 0 Å². The smallest absolute Gasteiger partial charge is 0.169 e. The Bertz CT molecular complexity index is 674. The molecule has 6 nitrogen and oxygen atoms in total. The van der Waals surface area contributed by atoms with E-state index in [1.54, 1.807) is 0 Å². The summed E-state index contributed by atoms with van der Waals surface area (Å²) >= 11 is 2.32. The molecule has 0 bridgehead atoms. The van der Waals surface area contributed by atoms with E-state index in [-0.39, 0.29) is 14.6 Å². The predicted molar refractivity (Wildman–Crippen MR) is 109 cm³/mol. The van der Waals surface area contributed by atoms with Crippen molar-refractivity contribution in [3.63, 3.8) is 0 Å². The summed E-state index contributed by atoms with van der Waals surface area (Å²) in [6, 6.07) is 0. The second-order valence-corrected chi connectivity index (χ2v) is 9.53. The molecule has 0 saturated heterocycles. The van der Waals surface area contributed by atoms with Gasteiger partial charge in [-0.2, -0.15) is 0 Å². The van der Waals surface area contributed by atoms with E-state index in [0.29, 0.717) is 0 Å². The largest absolute Gasteiger partial charge is 0.345 e. The summed E-state index contributed by atoms with van der Waals surface area (Å²) in [4.78, 5) is 14.3. The molecule has 3 aliphatic rings. The van der Waals surface area contributed by atoms with Crippen LogP contribution in [-0.4, -0.2) is 32.1 Å². The van der Waals surface area contributed by atoms with Crippen molar-refractivity contribution in [1.82, 2.24) is 16.0 Å². The molecule has 3 rings (SSSR count). The van der Waals surface area contributed by atoms with E-state index in [1.165, 1.54) is 0 Å². The monoisotopic (exact) mass is 438 g/mol. The van der Waals surface area contributed by atoms with Gasteiger partial charge in [0.2, 0.25) is 0 Å². The number of aliphatic imine (C=N–C) groups is 3. The van der Waals surface area contributed by atoms with Crippen LogP contribution in [0.25, 0.3) is 0 Å². The molecule has 0 aromatic carbocycles. The zero-order valence-corrected chi connectivity index (χ0v) is 16.8. The minimum absolute atomic E-state index is 0.250. The second-order valence-electron chi connectivity index (χ2n) is 7.35. The highest BCUT2D eigenvalue weighted by atomic mass is 127. The van der Waals surface area contributed by atoms with Crippen molar-refractivity contribution < 1.29 is 0 Å². The quantitative estimate of drug-likeness (QED) is 0.353. The lowest BCUT2D eigenvalue weighted by atomic mass is 10.0. The first kappa shape index (κ1) is 17.2. The molecule has 3 N–H and O–H groups in total. The van der Waals surface area contributed by atoms with Gasteiger partial charge in [0, 0.05) is 12.4 Å². The minimum atomic E-state index is -0.349. The molecule has 7 heteroatoms. The van der Waals surface area contributed by atoms with Crippen LogP contribution in [0.1, 0.15) is 34.6 Å². The Balaban J connectivity index is 1.92. The molecule has 0 aliphatic carbocycles. The molecular formula is C17H23IN6. The van der Waals surface area contributed by atoms with Gasteiger partial charge in [-0.05, 0) is 75.4 Å². The molecule has 0 fully saturated rings. The van der Waals surface area contributed by atoms with E-state index >= 15 is 0 Å². The Morgan fingerprint density at radius 2 is 1.42 bits per heavy atom. The Morgan fingerprint density at radius 3 is 2.08 bits per heavy atom. The van der Waals surface area contributed by atoms with E-state index in [2.05, 4.69) is 79.2 Å². The topological polar surface area (TPSA) is 73.2 Å². The number of hydrogen-bond acceptors (Lipinski definition) is 6. The van der Waals surface area contributed by atoms with Crippen LogP contribution in [0, 0.1) is 0 Å². The Morgan fingerprint density at radius 1 is 0.792 bits per heavy atom. The number of rotatable bonds is 2. The van der Waals surface area contributed by atoms with Crippen LogP contribution < -0.4 is 16.0 Å². The lowest BCUT2D eigenvalue weighted by Gasteiger charge is -2.31. The molecule has 0 aromatic heterocycles. The van der Waals surface area contributed by atoms with Gasteiger partial charge in [0.1, 0.15) is 3.55 Å². The summed E-state index contributed by atoms with van der Waals surface area (Å²) in [5.74, 6) is 2.27. The molecule has 1 unspecified atom stereocenters. The van der Waals surface area contributed by atoms with Crippen LogP contribution in [0.2, 0.25) is 0 Å². The fourth-order valence-corrected chi connectivity index (χ4v) is 3.03. The van der Waals surface area contributed by atoms with Crippen LogP contribution >= 0.6 is 22.6 Å². The molecule has 0 radical (unpaired) electrons. The first-order valence-electron chi connectivity index (χ1n) is 7.93. The van der Waals surface area contributed by atoms with Crippen LogP contribution in [0.3, 0.4) is 0 Å². The van der Waals surface area contributed by atoms with Crippen LogP contribution in [0.5, 0.6) is 0 Å². The fourth-order valence-electron chi connectivity index (χ4n) is 2.61. The van der Waals surface area contributed by atoms with Crippen LogP contribution in [0.15, 0.2) is 51.3 Å². The molecule has 1 atom stereocenters. The van der Waals surface area contributed by atoms with Crippen molar-refractivity contribution in [2.75, 3.05) is 0 Å². The van der Waals surface area contributed by atoms with Gasteiger partial charge < -0.3 is 16.0 Å². The normalized spacial score (nSPS) is 30.1. The number of halogens is 1. The Hall–Kier alpha value is -1.64. The summed E-state index contributed by atoms with van der Waals surface area (Å²) in [5.41, 5.74) is 0.313. The maximum Gasteiger partial charge on any atom is 0.169 e. The minimum Gasteiger partial charge on any atom is -0.345 e.